The van der Waals surface area contributed by atoms with E-state index in [0.29, 0.717) is 23.8 Å². The van der Waals surface area contributed by atoms with E-state index in [1.54, 1.807) is 12.1 Å². The fourth-order valence-corrected chi connectivity index (χ4v) is 4.83. The minimum Gasteiger partial charge on any atom is -0.350 e. The molecule has 8 heteroatoms. The second-order valence-electron chi connectivity index (χ2n) is 4.39. The average molecular weight is 370 g/mol. The molecular weight excluding hydrogens is 354 g/mol. The number of halogens is 1. The quantitative estimate of drug-likeness (QED) is 0.864. The number of rotatable bonds is 5. The maximum atomic E-state index is 12.0. The first kappa shape index (κ1) is 15.4. The second kappa shape index (κ2) is 6.19. The van der Waals surface area contributed by atoms with E-state index < -0.39 is 15.8 Å². The average Bonchev–Trinajstić information content (AvgIpc) is 2.77. The van der Waals surface area contributed by atoms with Gasteiger partial charge < -0.3 is 9.47 Å². The highest BCUT2D eigenvalue weighted by Gasteiger charge is 2.29. The third-order valence-electron chi connectivity index (χ3n) is 2.79. The van der Waals surface area contributed by atoms with Crippen LogP contribution in [0, 0.1) is 0 Å². The van der Waals surface area contributed by atoms with E-state index in [9.17, 15) is 8.42 Å². The molecule has 1 fully saturated rings. The SMILES string of the molecule is CC1(CCNS(=O)(=O)c2ccc(Br)s2)OCCCO1. The minimum atomic E-state index is -3.44. The molecule has 108 valence electrons. The lowest BCUT2D eigenvalue weighted by molar-refractivity contribution is -0.257. The molecule has 1 aromatic heterocycles. The predicted octanol–water partition coefficient (Wildman–Crippen LogP) is 2.33. The van der Waals surface area contributed by atoms with Crippen LogP contribution in [-0.4, -0.2) is 34.0 Å². The molecule has 0 amide bonds. The summed E-state index contributed by atoms with van der Waals surface area (Å²) in [5.74, 6) is -0.684. The fourth-order valence-electron chi connectivity index (χ4n) is 1.75. The van der Waals surface area contributed by atoms with Gasteiger partial charge >= 0.3 is 0 Å². The summed E-state index contributed by atoms with van der Waals surface area (Å²) in [6.07, 6.45) is 1.36. The van der Waals surface area contributed by atoms with Crippen LogP contribution in [0.25, 0.3) is 0 Å². The lowest BCUT2D eigenvalue weighted by Gasteiger charge is -2.33. The van der Waals surface area contributed by atoms with Crippen molar-refractivity contribution in [3.8, 4) is 0 Å². The molecule has 5 nitrogen and oxygen atoms in total. The van der Waals surface area contributed by atoms with Gasteiger partial charge in [0.1, 0.15) is 4.21 Å². The Bertz CT molecular complexity index is 523. The normalized spacial score (nSPS) is 19.5. The summed E-state index contributed by atoms with van der Waals surface area (Å²) in [6.45, 7) is 3.43. The third kappa shape index (κ3) is 4.24. The minimum absolute atomic E-state index is 0.286. The molecule has 0 aliphatic carbocycles. The molecule has 0 bridgehead atoms. The fraction of sp³-hybridized carbons (Fsp3) is 0.636. The number of hydrogen-bond donors (Lipinski definition) is 1. The molecule has 1 aliphatic rings. The lowest BCUT2D eigenvalue weighted by atomic mass is 10.2. The highest BCUT2D eigenvalue weighted by Crippen LogP contribution is 2.26. The number of hydrogen-bond acceptors (Lipinski definition) is 5. The zero-order valence-corrected chi connectivity index (χ0v) is 13.7. The third-order valence-corrected chi connectivity index (χ3v) is 6.36. The summed E-state index contributed by atoms with van der Waals surface area (Å²) in [5.41, 5.74) is 0. The van der Waals surface area contributed by atoms with E-state index in [1.807, 2.05) is 6.92 Å². The Morgan fingerprint density at radius 1 is 1.42 bits per heavy atom. The molecule has 1 saturated heterocycles. The van der Waals surface area contributed by atoms with Crippen molar-refractivity contribution < 1.29 is 17.9 Å². The molecule has 0 aromatic carbocycles. The summed E-state index contributed by atoms with van der Waals surface area (Å²) in [4.78, 5) is 0. The molecule has 0 unspecified atom stereocenters. The number of sulfonamides is 1. The molecule has 0 radical (unpaired) electrons. The van der Waals surface area contributed by atoms with Crippen molar-refractivity contribution in [2.24, 2.45) is 0 Å². The van der Waals surface area contributed by atoms with Crippen LogP contribution in [0.1, 0.15) is 19.8 Å². The molecule has 1 aliphatic heterocycles. The molecule has 2 rings (SSSR count). The first-order valence-corrected chi connectivity index (χ1v) is 9.03. The van der Waals surface area contributed by atoms with Gasteiger partial charge in [-0.25, -0.2) is 13.1 Å². The standard InChI is InChI=1S/C11H16BrNO4S2/c1-11(16-7-2-8-17-11)5-6-13-19(14,15)10-4-3-9(12)18-10/h3-4,13H,2,5-8H2,1H3. The zero-order valence-electron chi connectivity index (χ0n) is 10.5. The summed E-state index contributed by atoms with van der Waals surface area (Å²) >= 11 is 4.43. The van der Waals surface area contributed by atoms with E-state index in [-0.39, 0.29) is 6.54 Å². The first-order valence-electron chi connectivity index (χ1n) is 5.94. The topological polar surface area (TPSA) is 64.6 Å². The van der Waals surface area contributed by atoms with Crippen LogP contribution in [-0.2, 0) is 19.5 Å². The van der Waals surface area contributed by atoms with Crippen molar-refractivity contribution in [2.75, 3.05) is 19.8 Å². The van der Waals surface area contributed by atoms with Crippen LogP contribution in [0.2, 0.25) is 0 Å². The molecule has 1 N–H and O–H groups in total. The van der Waals surface area contributed by atoms with Crippen molar-refractivity contribution in [2.45, 2.75) is 29.8 Å². The molecule has 0 saturated carbocycles. The van der Waals surface area contributed by atoms with E-state index in [1.165, 1.54) is 11.3 Å². The Morgan fingerprint density at radius 2 is 2.11 bits per heavy atom. The van der Waals surface area contributed by atoms with E-state index >= 15 is 0 Å². The highest BCUT2D eigenvalue weighted by molar-refractivity contribution is 9.11. The van der Waals surface area contributed by atoms with Gasteiger partial charge in [-0.15, -0.1) is 11.3 Å². The summed E-state index contributed by atoms with van der Waals surface area (Å²) in [5, 5.41) is 0. The van der Waals surface area contributed by atoms with Gasteiger partial charge in [-0.3, -0.25) is 0 Å². The summed E-state index contributed by atoms with van der Waals surface area (Å²) in [7, 11) is -3.44. The molecular formula is C11H16BrNO4S2. The summed E-state index contributed by atoms with van der Waals surface area (Å²) < 4.78 is 38.7. The smallest absolute Gasteiger partial charge is 0.250 e. The number of thiophene rings is 1. The van der Waals surface area contributed by atoms with Gasteiger partial charge in [0.05, 0.1) is 17.0 Å². The lowest BCUT2D eigenvalue weighted by Crippen LogP contribution is -2.40. The summed E-state index contributed by atoms with van der Waals surface area (Å²) in [6, 6.07) is 3.29. The van der Waals surface area contributed by atoms with Gasteiger partial charge in [-0.1, -0.05) is 0 Å². The van der Waals surface area contributed by atoms with Gasteiger partial charge in [0.2, 0.25) is 10.0 Å². The van der Waals surface area contributed by atoms with Crippen LogP contribution >= 0.6 is 27.3 Å². The first-order chi connectivity index (χ1) is 8.91. The van der Waals surface area contributed by atoms with E-state index in [4.69, 9.17) is 9.47 Å². The van der Waals surface area contributed by atoms with E-state index in [0.717, 1.165) is 10.2 Å². The molecule has 2 heterocycles. The predicted molar refractivity (Wildman–Crippen MR) is 76.8 cm³/mol. The van der Waals surface area contributed by atoms with Crippen molar-refractivity contribution >= 4 is 37.3 Å². The molecule has 0 atom stereocenters. The molecule has 1 aromatic rings. The van der Waals surface area contributed by atoms with E-state index in [2.05, 4.69) is 20.7 Å². The molecule has 19 heavy (non-hydrogen) atoms. The number of nitrogens with one attached hydrogen (secondary N) is 1. The zero-order chi connectivity index (χ0) is 13.9. The Balaban J connectivity index is 1.88. The Kier molecular flexibility index (Phi) is 5.02. The molecule has 0 spiro atoms. The Hall–Kier alpha value is 0.01000. The Labute approximate surface area is 125 Å². The largest absolute Gasteiger partial charge is 0.350 e. The van der Waals surface area contributed by atoms with Crippen molar-refractivity contribution in [1.29, 1.82) is 0 Å². The second-order valence-corrected chi connectivity index (χ2v) is 8.85. The maximum Gasteiger partial charge on any atom is 0.250 e. The van der Waals surface area contributed by atoms with Gasteiger partial charge in [-0.2, -0.15) is 0 Å². The van der Waals surface area contributed by atoms with Crippen LogP contribution in [0.3, 0.4) is 0 Å². The van der Waals surface area contributed by atoms with Crippen LogP contribution < -0.4 is 4.72 Å². The van der Waals surface area contributed by atoms with Crippen LogP contribution in [0.4, 0.5) is 0 Å². The highest BCUT2D eigenvalue weighted by atomic mass is 79.9. The van der Waals surface area contributed by atoms with Gasteiger partial charge in [-0.05, 0) is 41.4 Å². The van der Waals surface area contributed by atoms with Crippen LogP contribution in [0.15, 0.2) is 20.1 Å². The van der Waals surface area contributed by atoms with Gasteiger partial charge in [0.25, 0.3) is 0 Å². The maximum absolute atomic E-state index is 12.0. The van der Waals surface area contributed by atoms with Crippen LogP contribution in [0.5, 0.6) is 0 Å². The van der Waals surface area contributed by atoms with Gasteiger partial charge in [0, 0.05) is 13.0 Å². The van der Waals surface area contributed by atoms with Crippen molar-refractivity contribution in [1.82, 2.24) is 4.72 Å². The number of ether oxygens (including phenoxy) is 2. The van der Waals surface area contributed by atoms with Gasteiger partial charge in [0.15, 0.2) is 5.79 Å². The Morgan fingerprint density at radius 3 is 2.68 bits per heavy atom. The van der Waals surface area contributed by atoms with Crippen molar-refractivity contribution in [3.05, 3.63) is 15.9 Å². The van der Waals surface area contributed by atoms with Crippen molar-refractivity contribution in [3.63, 3.8) is 0 Å². The monoisotopic (exact) mass is 369 g/mol.